The SMILES string of the molecule is CCN(C/C=C/c1ccccc1)C(=O)[C@@H](C)n1ccnc1C. The van der Waals surface area contributed by atoms with Gasteiger partial charge in [0, 0.05) is 25.5 Å². The maximum atomic E-state index is 12.6. The van der Waals surface area contributed by atoms with Crippen LogP contribution in [0.4, 0.5) is 0 Å². The molecular formula is C18H23N3O. The molecule has 0 fully saturated rings. The lowest BCUT2D eigenvalue weighted by atomic mass is 10.2. The monoisotopic (exact) mass is 297 g/mol. The van der Waals surface area contributed by atoms with Crippen molar-refractivity contribution in [1.82, 2.24) is 14.5 Å². The predicted octanol–water partition coefficient (Wildman–Crippen LogP) is 3.31. The van der Waals surface area contributed by atoms with Crippen LogP contribution in [-0.2, 0) is 4.79 Å². The lowest BCUT2D eigenvalue weighted by molar-refractivity contribution is -0.133. The first kappa shape index (κ1) is 16.0. The molecule has 22 heavy (non-hydrogen) atoms. The second-order valence-corrected chi connectivity index (χ2v) is 5.25. The molecule has 116 valence electrons. The summed E-state index contributed by atoms with van der Waals surface area (Å²) in [6.07, 6.45) is 7.66. The van der Waals surface area contributed by atoms with Crippen molar-refractivity contribution in [2.45, 2.75) is 26.8 Å². The largest absolute Gasteiger partial charge is 0.337 e. The van der Waals surface area contributed by atoms with Crippen LogP contribution in [0.3, 0.4) is 0 Å². The van der Waals surface area contributed by atoms with Gasteiger partial charge in [0.25, 0.3) is 0 Å². The number of imidazole rings is 1. The Hall–Kier alpha value is -2.36. The lowest BCUT2D eigenvalue weighted by Gasteiger charge is -2.24. The molecule has 1 atom stereocenters. The number of carbonyl (C=O) groups is 1. The molecule has 0 N–H and O–H groups in total. The first-order valence-corrected chi connectivity index (χ1v) is 7.63. The smallest absolute Gasteiger partial charge is 0.245 e. The molecule has 0 bridgehead atoms. The number of hydrogen-bond donors (Lipinski definition) is 0. The molecule has 0 saturated carbocycles. The molecule has 0 aliphatic carbocycles. The third-order valence-corrected chi connectivity index (χ3v) is 3.77. The summed E-state index contributed by atoms with van der Waals surface area (Å²) < 4.78 is 1.91. The summed E-state index contributed by atoms with van der Waals surface area (Å²) in [5.74, 6) is 0.970. The molecule has 2 aromatic rings. The van der Waals surface area contributed by atoms with Crippen LogP contribution >= 0.6 is 0 Å². The van der Waals surface area contributed by atoms with Gasteiger partial charge in [0.2, 0.25) is 5.91 Å². The van der Waals surface area contributed by atoms with Gasteiger partial charge < -0.3 is 9.47 Å². The Labute approximate surface area is 132 Å². The van der Waals surface area contributed by atoms with E-state index < -0.39 is 0 Å². The zero-order valence-electron chi connectivity index (χ0n) is 13.4. The van der Waals surface area contributed by atoms with E-state index in [-0.39, 0.29) is 11.9 Å². The second-order valence-electron chi connectivity index (χ2n) is 5.25. The van der Waals surface area contributed by atoms with Crippen LogP contribution in [0.2, 0.25) is 0 Å². The fourth-order valence-electron chi connectivity index (χ4n) is 2.44. The summed E-state index contributed by atoms with van der Waals surface area (Å²) in [6.45, 7) is 7.13. The zero-order chi connectivity index (χ0) is 15.9. The lowest BCUT2D eigenvalue weighted by Crippen LogP contribution is -2.36. The molecule has 0 aliphatic rings. The standard InChI is InChI=1S/C18H23N3O/c1-4-20(13-8-11-17-9-6-5-7-10-17)18(22)15(2)21-14-12-19-16(21)3/h5-12,14-15H,4,13H2,1-3H3/b11-8+/t15-/m1/s1. The van der Waals surface area contributed by atoms with Crippen LogP contribution in [0.25, 0.3) is 6.08 Å². The van der Waals surface area contributed by atoms with Gasteiger partial charge >= 0.3 is 0 Å². The predicted molar refractivity (Wildman–Crippen MR) is 89.4 cm³/mol. The van der Waals surface area contributed by atoms with E-state index in [1.807, 2.05) is 78.9 Å². The highest BCUT2D eigenvalue weighted by atomic mass is 16.2. The van der Waals surface area contributed by atoms with Crippen molar-refractivity contribution >= 4 is 12.0 Å². The summed E-state index contributed by atoms with van der Waals surface area (Å²) in [7, 11) is 0. The van der Waals surface area contributed by atoms with Crippen molar-refractivity contribution in [2.75, 3.05) is 13.1 Å². The minimum atomic E-state index is -0.229. The molecule has 0 spiro atoms. The van der Waals surface area contributed by atoms with Gasteiger partial charge in [-0.15, -0.1) is 0 Å². The van der Waals surface area contributed by atoms with Gasteiger partial charge in [0.1, 0.15) is 11.9 Å². The first-order chi connectivity index (χ1) is 10.6. The molecule has 0 unspecified atom stereocenters. The molecule has 0 saturated heterocycles. The molecule has 1 aromatic carbocycles. The number of rotatable bonds is 6. The molecule has 1 heterocycles. The van der Waals surface area contributed by atoms with Crippen LogP contribution in [0.5, 0.6) is 0 Å². The van der Waals surface area contributed by atoms with Crippen LogP contribution in [-0.4, -0.2) is 33.4 Å². The topological polar surface area (TPSA) is 38.1 Å². The summed E-state index contributed by atoms with van der Waals surface area (Å²) in [5.41, 5.74) is 1.14. The number of aromatic nitrogens is 2. The first-order valence-electron chi connectivity index (χ1n) is 7.63. The average molecular weight is 297 g/mol. The van der Waals surface area contributed by atoms with Crippen LogP contribution in [0, 0.1) is 6.92 Å². The Bertz CT molecular complexity index is 631. The number of nitrogens with zero attached hydrogens (tertiary/aromatic N) is 3. The fraction of sp³-hybridized carbons (Fsp3) is 0.333. The number of hydrogen-bond acceptors (Lipinski definition) is 2. The number of benzene rings is 1. The van der Waals surface area contributed by atoms with Crippen molar-refractivity contribution in [1.29, 1.82) is 0 Å². The van der Waals surface area contributed by atoms with E-state index in [0.29, 0.717) is 13.1 Å². The highest BCUT2D eigenvalue weighted by Gasteiger charge is 2.20. The van der Waals surface area contributed by atoms with E-state index >= 15 is 0 Å². The maximum Gasteiger partial charge on any atom is 0.245 e. The summed E-state index contributed by atoms with van der Waals surface area (Å²) in [4.78, 5) is 18.6. The van der Waals surface area contributed by atoms with Crippen molar-refractivity contribution in [3.05, 3.63) is 60.2 Å². The Balaban J connectivity index is 2.00. The van der Waals surface area contributed by atoms with Crippen LogP contribution in [0.15, 0.2) is 48.8 Å². The number of carbonyl (C=O) groups excluding carboxylic acids is 1. The number of likely N-dealkylation sites (N-methyl/N-ethyl adjacent to an activating group) is 1. The van der Waals surface area contributed by atoms with Crippen LogP contribution in [0.1, 0.15) is 31.3 Å². The highest BCUT2D eigenvalue weighted by Crippen LogP contribution is 2.12. The van der Waals surface area contributed by atoms with Crippen LogP contribution < -0.4 is 0 Å². The summed E-state index contributed by atoms with van der Waals surface area (Å²) in [6, 6.07) is 9.87. The Morgan fingerprint density at radius 1 is 1.36 bits per heavy atom. The third kappa shape index (κ3) is 3.85. The van der Waals surface area contributed by atoms with Gasteiger partial charge in [-0.05, 0) is 26.3 Å². The Morgan fingerprint density at radius 2 is 2.09 bits per heavy atom. The molecule has 2 rings (SSSR count). The van der Waals surface area contributed by atoms with Crippen molar-refractivity contribution < 1.29 is 4.79 Å². The van der Waals surface area contributed by atoms with Crippen molar-refractivity contribution in [2.24, 2.45) is 0 Å². The molecule has 1 aromatic heterocycles. The van der Waals surface area contributed by atoms with Gasteiger partial charge in [-0.2, -0.15) is 0 Å². The third-order valence-electron chi connectivity index (χ3n) is 3.77. The molecule has 1 amide bonds. The zero-order valence-corrected chi connectivity index (χ0v) is 13.4. The Kier molecular flexibility index (Phi) is 5.53. The van der Waals surface area contributed by atoms with E-state index in [2.05, 4.69) is 4.98 Å². The molecular weight excluding hydrogens is 274 g/mol. The highest BCUT2D eigenvalue weighted by molar-refractivity contribution is 5.80. The maximum absolute atomic E-state index is 12.6. The van der Waals surface area contributed by atoms with E-state index in [4.69, 9.17) is 0 Å². The van der Waals surface area contributed by atoms with Gasteiger partial charge in [-0.3, -0.25) is 4.79 Å². The van der Waals surface area contributed by atoms with Gasteiger partial charge in [-0.25, -0.2) is 4.98 Å². The number of aryl methyl sites for hydroxylation is 1. The second kappa shape index (κ2) is 7.59. The minimum Gasteiger partial charge on any atom is -0.337 e. The fourth-order valence-corrected chi connectivity index (χ4v) is 2.44. The van der Waals surface area contributed by atoms with E-state index in [0.717, 1.165) is 11.4 Å². The van der Waals surface area contributed by atoms with E-state index in [1.165, 1.54) is 0 Å². The minimum absolute atomic E-state index is 0.112. The summed E-state index contributed by atoms with van der Waals surface area (Å²) in [5, 5.41) is 0. The van der Waals surface area contributed by atoms with Gasteiger partial charge in [0.05, 0.1) is 0 Å². The normalized spacial score (nSPS) is 12.5. The van der Waals surface area contributed by atoms with E-state index in [1.54, 1.807) is 6.20 Å². The number of amides is 1. The van der Waals surface area contributed by atoms with E-state index in [9.17, 15) is 4.79 Å². The molecule has 4 heteroatoms. The summed E-state index contributed by atoms with van der Waals surface area (Å²) >= 11 is 0. The van der Waals surface area contributed by atoms with Crippen molar-refractivity contribution in [3.8, 4) is 0 Å². The molecule has 4 nitrogen and oxygen atoms in total. The van der Waals surface area contributed by atoms with Crippen molar-refractivity contribution in [3.63, 3.8) is 0 Å². The van der Waals surface area contributed by atoms with Gasteiger partial charge in [0.15, 0.2) is 0 Å². The average Bonchev–Trinajstić information content (AvgIpc) is 2.97. The van der Waals surface area contributed by atoms with Gasteiger partial charge in [-0.1, -0.05) is 42.5 Å². The quantitative estimate of drug-likeness (QED) is 0.820. The molecule has 0 radical (unpaired) electrons. The molecule has 0 aliphatic heterocycles. The Morgan fingerprint density at radius 3 is 2.68 bits per heavy atom.